The zero-order valence-electron chi connectivity index (χ0n) is 9.95. The number of hydrogen-bond acceptors (Lipinski definition) is 2. The molecule has 1 aromatic carbocycles. The fourth-order valence-corrected chi connectivity index (χ4v) is 1.46. The van der Waals surface area contributed by atoms with Gasteiger partial charge in [0.25, 0.3) is 0 Å². The number of methoxy groups -OCH3 is 1. The summed E-state index contributed by atoms with van der Waals surface area (Å²) in [6.45, 7) is 6.86. The zero-order chi connectivity index (χ0) is 11.5. The van der Waals surface area contributed by atoms with Gasteiger partial charge in [0.15, 0.2) is 0 Å². The highest BCUT2D eigenvalue weighted by molar-refractivity contribution is 5.28. The van der Waals surface area contributed by atoms with Crippen molar-refractivity contribution in [3.05, 3.63) is 35.4 Å². The lowest BCUT2D eigenvalue weighted by Crippen LogP contribution is -2.11. The molecule has 0 heterocycles. The lowest BCUT2D eigenvalue weighted by atomic mass is 9.86. The van der Waals surface area contributed by atoms with Gasteiger partial charge in [0.2, 0.25) is 0 Å². The van der Waals surface area contributed by atoms with Crippen LogP contribution in [0, 0.1) is 0 Å². The summed E-state index contributed by atoms with van der Waals surface area (Å²) in [5, 5.41) is 9.69. The number of rotatable bonds is 3. The van der Waals surface area contributed by atoms with Crippen molar-refractivity contribution in [1.29, 1.82) is 0 Å². The van der Waals surface area contributed by atoms with Crippen molar-refractivity contribution in [2.75, 3.05) is 13.7 Å². The maximum Gasteiger partial charge on any atom is 0.102 e. The van der Waals surface area contributed by atoms with Gasteiger partial charge in [0, 0.05) is 7.11 Å². The van der Waals surface area contributed by atoms with Gasteiger partial charge in [-0.2, -0.15) is 0 Å². The molecular weight excluding hydrogens is 188 g/mol. The van der Waals surface area contributed by atoms with Crippen molar-refractivity contribution >= 4 is 0 Å². The van der Waals surface area contributed by atoms with E-state index in [2.05, 4.69) is 32.9 Å². The summed E-state index contributed by atoms with van der Waals surface area (Å²) in [7, 11) is 1.59. The number of aliphatic hydroxyl groups is 1. The molecule has 2 nitrogen and oxygen atoms in total. The second-order valence-corrected chi connectivity index (χ2v) is 4.84. The molecule has 0 saturated heterocycles. The van der Waals surface area contributed by atoms with Gasteiger partial charge in [0.05, 0.1) is 6.61 Å². The smallest absolute Gasteiger partial charge is 0.102 e. The summed E-state index contributed by atoms with van der Waals surface area (Å²) < 4.78 is 4.91. The van der Waals surface area contributed by atoms with Crippen molar-refractivity contribution < 1.29 is 9.84 Å². The van der Waals surface area contributed by atoms with Crippen LogP contribution in [0.15, 0.2) is 24.3 Å². The largest absolute Gasteiger partial charge is 0.386 e. The fourth-order valence-electron chi connectivity index (χ4n) is 1.46. The Hall–Kier alpha value is -0.860. The average molecular weight is 208 g/mol. The first-order chi connectivity index (χ1) is 6.95. The molecule has 0 bridgehead atoms. The number of ether oxygens (including phenoxy) is 1. The molecule has 0 saturated carbocycles. The van der Waals surface area contributed by atoms with E-state index in [-0.39, 0.29) is 5.41 Å². The topological polar surface area (TPSA) is 29.5 Å². The minimum atomic E-state index is -0.524. The van der Waals surface area contributed by atoms with Crippen LogP contribution in [0.3, 0.4) is 0 Å². The van der Waals surface area contributed by atoms with Crippen LogP contribution in [0.4, 0.5) is 0 Å². The standard InChI is InChI=1S/C13H20O2/c1-13(2,3)11-7-5-10(6-8-11)12(14)9-15-4/h5-8,12,14H,9H2,1-4H3. The van der Waals surface area contributed by atoms with Crippen molar-refractivity contribution in [1.82, 2.24) is 0 Å². The van der Waals surface area contributed by atoms with Crippen LogP contribution >= 0.6 is 0 Å². The van der Waals surface area contributed by atoms with E-state index >= 15 is 0 Å². The van der Waals surface area contributed by atoms with E-state index < -0.39 is 6.10 Å². The Labute approximate surface area is 91.9 Å². The summed E-state index contributed by atoms with van der Waals surface area (Å²) >= 11 is 0. The summed E-state index contributed by atoms with van der Waals surface area (Å²) in [6.07, 6.45) is -0.524. The fraction of sp³-hybridized carbons (Fsp3) is 0.538. The van der Waals surface area contributed by atoms with Gasteiger partial charge in [-0.25, -0.2) is 0 Å². The van der Waals surface area contributed by atoms with Gasteiger partial charge >= 0.3 is 0 Å². The minimum Gasteiger partial charge on any atom is -0.386 e. The lowest BCUT2D eigenvalue weighted by molar-refractivity contribution is 0.0644. The molecule has 2 heteroatoms. The predicted molar refractivity (Wildman–Crippen MR) is 62.0 cm³/mol. The highest BCUT2D eigenvalue weighted by atomic mass is 16.5. The first-order valence-electron chi connectivity index (χ1n) is 5.22. The molecule has 15 heavy (non-hydrogen) atoms. The molecular formula is C13H20O2. The van der Waals surface area contributed by atoms with Gasteiger partial charge in [-0.1, -0.05) is 45.0 Å². The minimum absolute atomic E-state index is 0.157. The summed E-state index contributed by atoms with van der Waals surface area (Å²) in [5.41, 5.74) is 2.34. The lowest BCUT2D eigenvalue weighted by Gasteiger charge is -2.19. The van der Waals surface area contributed by atoms with Crippen molar-refractivity contribution in [2.24, 2.45) is 0 Å². The van der Waals surface area contributed by atoms with Crippen LogP contribution in [0.1, 0.15) is 38.0 Å². The molecule has 84 valence electrons. The molecule has 1 unspecified atom stereocenters. The maximum absolute atomic E-state index is 9.69. The Kier molecular flexibility index (Phi) is 3.89. The molecule has 0 amide bonds. The summed E-state index contributed by atoms with van der Waals surface area (Å²) in [6, 6.07) is 8.05. The Bertz CT molecular complexity index is 295. The molecule has 1 rings (SSSR count). The molecule has 0 aromatic heterocycles. The van der Waals surface area contributed by atoms with E-state index in [1.807, 2.05) is 12.1 Å². The molecule has 0 aliphatic rings. The molecule has 0 radical (unpaired) electrons. The number of aliphatic hydroxyl groups excluding tert-OH is 1. The van der Waals surface area contributed by atoms with Gasteiger partial charge < -0.3 is 9.84 Å². The molecule has 0 spiro atoms. The normalized spacial score (nSPS) is 13.9. The highest BCUT2D eigenvalue weighted by Crippen LogP contribution is 2.23. The summed E-state index contributed by atoms with van der Waals surface area (Å²) in [4.78, 5) is 0. The maximum atomic E-state index is 9.69. The molecule has 0 aliphatic carbocycles. The van der Waals surface area contributed by atoms with Crippen LogP contribution in [-0.2, 0) is 10.2 Å². The molecule has 1 aromatic rings. The zero-order valence-corrected chi connectivity index (χ0v) is 9.95. The molecule has 1 atom stereocenters. The second kappa shape index (κ2) is 4.77. The van der Waals surface area contributed by atoms with E-state index in [1.165, 1.54) is 5.56 Å². The van der Waals surface area contributed by atoms with E-state index in [1.54, 1.807) is 7.11 Å². The first-order valence-corrected chi connectivity index (χ1v) is 5.22. The SMILES string of the molecule is COCC(O)c1ccc(C(C)(C)C)cc1. The van der Waals surface area contributed by atoms with E-state index in [0.29, 0.717) is 6.61 Å². The third kappa shape index (κ3) is 3.33. The van der Waals surface area contributed by atoms with Gasteiger partial charge in [-0.05, 0) is 16.5 Å². The van der Waals surface area contributed by atoms with Crippen LogP contribution in [0.25, 0.3) is 0 Å². The van der Waals surface area contributed by atoms with Crippen LogP contribution < -0.4 is 0 Å². The Morgan fingerprint density at radius 1 is 1.20 bits per heavy atom. The molecule has 0 aliphatic heterocycles. The van der Waals surface area contributed by atoms with Crippen LogP contribution in [0.2, 0.25) is 0 Å². The van der Waals surface area contributed by atoms with E-state index in [0.717, 1.165) is 5.56 Å². The average Bonchev–Trinajstić information content (AvgIpc) is 2.17. The molecule has 0 fully saturated rings. The molecule has 1 N–H and O–H groups in total. The van der Waals surface area contributed by atoms with Gasteiger partial charge in [-0.15, -0.1) is 0 Å². The van der Waals surface area contributed by atoms with Gasteiger partial charge in [0.1, 0.15) is 6.10 Å². The monoisotopic (exact) mass is 208 g/mol. The predicted octanol–water partition coefficient (Wildman–Crippen LogP) is 2.66. The van der Waals surface area contributed by atoms with E-state index in [9.17, 15) is 5.11 Å². The Balaban J connectivity index is 2.81. The Morgan fingerprint density at radius 2 is 1.73 bits per heavy atom. The third-order valence-corrected chi connectivity index (χ3v) is 2.49. The first kappa shape index (κ1) is 12.2. The summed E-state index contributed by atoms with van der Waals surface area (Å²) in [5.74, 6) is 0. The van der Waals surface area contributed by atoms with Crippen molar-refractivity contribution in [2.45, 2.75) is 32.3 Å². The number of benzene rings is 1. The van der Waals surface area contributed by atoms with Gasteiger partial charge in [-0.3, -0.25) is 0 Å². The number of hydrogen-bond donors (Lipinski definition) is 1. The van der Waals surface area contributed by atoms with Crippen LogP contribution in [-0.4, -0.2) is 18.8 Å². The third-order valence-electron chi connectivity index (χ3n) is 2.49. The quantitative estimate of drug-likeness (QED) is 0.827. The van der Waals surface area contributed by atoms with E-state index in [4.69, 9.17) is 4.74 Å². The van der Waals surface area contributed by atoms with Crippen molar-refractivity contribution in [3.63, 3.8) is 0 Å². The van der Waals surface area contributed by atoms with Crippen molar-refractivity contribution in [3.8, 4) is 0 Å². The second-order valence-electron chi connectivity index (χ2n) is 4.84. The highest BCUT2D eigenvalue weighted by Gasteiger charge is 2.14. The van der Waals surface area contributed by atoms with Crippen LogP contribution in [0.5, 0.6) is 0 Å². The Morgan fingerprint density at radius 3 is 2.13 bits per heavy atom.